The zero-order chi connectivity index (χ0) is 12.1. The Morgan fingerprint density at radius 2 is 2.35 bits per heavy atom. The Labute approximate surface area is 101 Å². The molecule has 2 saturated heterocycles. The molecule has 3 aliphatic rings. The lowest BCUT2D eigenvalue weighted by molar-refractivity contribution is -0.192. The van der Waals surface area contributed by atoms with E-state index in [1.165, 1.54) is 0 Å². The van der Waals surface area contributed by atoms with Gasteiger partial charge in [0.05, 0.1) is 12.2 Å². The van der Waals surface area contributed by atoms with E-state index in [-0.39, 0.29) is 11.4 Å². The number of carbonyl (C=O) groups excluding carboxylic acids is 2. The number of ether oxygens (including phenoxy) is 2. The van der Waals surface area contributed by atoms with Gasteiger partial charge in [0.1, 0.15) is 0 Å². The van der Waals surface area contributed by atoms with Crippen LogP contribution in [0.4, 0.5) is 0 Å². The van der Waals surface area contributed by atoms with Gasteiger partial charge in [-0.1, -0.05) is 6.42 Å². The second kappa shape index (κ2) is 3.55. The maximum Gasteiger partial charge on any atom is 0.346 e. The van der Waals surface area contributed by atoms with Crippen molar-refractivity contribution in [1.82, 2.24) is 0 Å². The highest BCUT2D eigenvalue weighted by atomic mass is 16.6. The molecule has 0 radical (unpaired) electrons. The lowest BCUT2D eigenvalue weighted by Crippen LogP contribution is -2.53. The van der Waals surface area contributed by atoms with Crippen LogP contribution >= 0.6 is 0 Å². The number of carbonyl (C=O) groups is 2. The molecule has 3 atom stereocenters. The molecular weight excluding hydrogens is 220 g/mol. The number of Topliss-reactive ketones (excluding diaryl/α,β-unsaturated/α-hetero) is 1. The molecule has 17 heavy (non-hydrogen) atoms. The van der Waals surface area contributed by atoms with E-state index in [0.717, 1.165) is 25.7 Å². The second-order valence-electron chi connectivity index (χ2n) is 5.43. The van der Waals surface area contributed by atoms with Crippen molar-refractivity contribution in [2.45, 2.75) is 56.7 Å². The van der Waals surface area contributed by atoms with Crippen LogP contribution in [0.2, 0.25) is 0 Å². The Hall–Kier alpha value is -0.900. The van der Waals surface area contributed by atoms with Crippen LogP contribution in [-0.2, 0) is 19.1 Å². The standard InChI is InChI=1S/C13H18O4/c1-2-16-11(15)13-8-9-4-3-6-12(9,17-13)7-5-10(13)14/h9H,2-8H2,1H3. The molecule has 1 spiro atoms. The summed E-state index contributed by atoms with van der Waals surface area (Å²) in [6.45, 7) is 2.06. The minimum Gasteiger partial charge on any atom is -0.464 e. The maximum atomic E-state index is 12.1. The molecule has 94 valence electrons. The van der Waals surface area contributed by atoms with Gasteiger partial charge in [0, 0.05) is 12.8 Å². The van der Waals surface area contributed by atoms with Gasteiger partial charge in [0.25, 0.3) is 0 Å². The van der Waals surface area contributed by atoms with Gasteiger partial charge < -0.3 is 9.47 Å². The summed E-state index contributed by atoms with van der Waals surface area (Å²) < 4.78 is 11.0. The van der Waals surface area contributed by atoms with E-state index in [4.69, 9.17) is 9.47 Å². The Morgan fingerprint density at radius 3 is 3.12 bits per heavy atom. The number of ketones is 1. The summed E-state index contributed by atoms with van der Waals surface area (Å²) in [5, 5.41) is 0. The number of fused-ring (bicyclic) bond motifs is 1. The third kappa shape index (κ3) is 1.33. The van der Waals surface area contributed by atoms with E-state index >= 15 is 0 Å². The van der Waals surface area contributed by atoms with Crippen LogP contribution in [0.5, 0.6) is 0 Å². The lowest BCUT2D eigenvalue weighted by atomic mass is 9.88. The summed E-state index contributed by atoms with van der Waals surface area (Å²) in [4.78, 5) is 24.1. The van der Waals surface area contributed by atoms with Gasteiger partial charge >= 0.3 is 5.97 Å². The first kappa shape index (κ1) is 11.2. The SMILES string of the molecule is CCOC(=O)C12CC3CCCC3(CCC1=O)O2. The van der Waals surface area contributed by atoms with Crippen LogP contribution in [-0.4, -0.2) is 29.6 Å². The van der Waals surface area contributed by atoms with Crippen LogP contribution in [0.1, 0.15) is 45.4 Å². The molecule has 3 fully saturated rings. The van der Waals surface area contributed by atoms with Crippen molar-refractivity contribution in [3.8, 4) is 0 Å². The molecular formula is C13H18O4. The highest BCUT2D eigenvalue weighted by molar-refractivity contribution is 6.08. The van der Waals surface area contributed by atoms with Crippen molar-refractivity contribution in [2.75, 3.05) is 6.61 Å². The van der Waals surface area contributed by atoms with Crippen molar-refractivity contribution >= 4 is 11.8 Å². The average molecular weight is 238 g/mol. The second-order valence-corrected chi connectivity index (χ2v) is 5.43. The number of rotatable bonds is 2. The van der Waals surface area contributed by atoms with Gasteiger partial charge in [0.2, 0.25) is 5.60 Å². The van der Waals surface area contributed by atoms with E-state index in [9.17, 15) is 9.59 Å². The predicted octanol–water partition coefficient (Wildman–Crippen LogP) is 1.61. The van der Waals surface area contributed by atoms with Crippen LogP contribution < -0.4 is 0 Å². The Kier molecular flexibility index (Phi) is 2.34. The number of esters is 1. The molecule has 4 heteroatoms. The summed E-state index contributed by atoms with van der Waals surface area (Å²) in [6.07, 6.45) is 5.02. The van der Waals surface area contributed by atoms with Crippen molar-refractivity contribution in [3.63, 3.8) is 0 Å². The molecule has 2 heterocycles. The zero-order valence-electron chi connectivity index (χ0n) is 10.2. The number of hydrogen-bond acceptors (Lipinski definition) is 4. The average Bonchev–Trinajstić information content (AvgIpc) is 2.77. The first-order chi connectivity index (χ1) is 8.13. The van der Waals surface area contributed by atoms with Crippen LogP contribution in [0, 0.1) is 5.92 Å². The summed E-state index contributed by atoms with van der Waals surface area (Å²) in [6, 6.07) is 0. The minimum absolute atomic E-state index is 0.0732. The summed E-state index contributed by atoms with van der Waals surface area (Å²) in [5.41, 5.74) is -1.44. The number of hydrogen-bond donors (Lipinski definition) is 0. The predicted molar refractivity (Wildman–Crippen MR) is 59.4 cm³/mol. The van der Waals surface area contributed by atoms with E-state index in [0.29, 0.717) is 25.4 Å². The smallest absolute Gasteiger partial charge is 0.346 e. The first-order valence-electron chi connectivity index (χ1n) is 6.54. The van der Waals surface area contributed by atoms with E-state index in [2.05, 4.69) is 0 Å². The normalized spacial score (nSPS) is 43.6. The van der Waals surface area contributed by atoms with Crippen molar-refractivity contribution in [1.29, 1.82) is 0 Å². The molecule has 0 amide bonds. The fraction of sp³-hybridized carbons (Fsp3) is 0.846. The topological polar surface area (TPSA) is 52.6 Å². The third-order valence-electron chi connectivity index (χ3n) is 4.64. The monoisotopic (exact) mass is 238 g/mol. The summed E-state index contributed by atoms with van der Waals surface area (Å²) in [5.74, 6) is -0.159. The molecule has 0 aromatic carbocycles. The minimum atomic E-state index is -1.25. The summed E-state index contributed by atoms with van der Waals surface area (Å²) in [7, 11) is 0. The van der Waals surface area contributed by atoms with Gasteiger partial charge in [-0.25, -0.2) is 4.79 Å². The molecule has 0 N–H and O–H groups in total. The molecule has 2 bridgehead atoms. The quantitative estimate of drug-likeness (QED) is 0.541. The Bertz CT molecular complexity index is 378. The molecule has 3 rings (SSSR count). The van der Waals surface area contributed by atoms with Gasteiger partial charge in [0.15, 0.2) is 5.78 Å². The highest BCUT2D eigenvalue weighted by Crippen LogP contribution is 2.57. The van der Waals surface area contributed by atoms with Crippen LogP contribution in [0.3, 0.4) is 0 Å². The van der Waals surface area contributed by atoms with Gasteiger partial charge in [-0.05, 0) is 32.1 Å². The molecule has 1 aliphatic carbocycles. The fourth-order valence-corrected chi connectivity index (χ4v) is 3.84. The van der Waals surface area contributed by atoms with Crippen LogP contribution in [0.25, 0.3) is 0 Å². The largest absolute Gasteiger partial charge is 0.464 e. The van der Waals surface area contributed by atoms with Crippen molar-refractivity contribution in [2.24, 2.45) is 5.92 Å². The maximum absolute atomic E-state index is 12.1. The Morgan fingerprint density at radius 1 is 1.53 bits per heavy atom. The fourth-order valence-electron chi connectivity index (χ4n) is 3.84. The van der Waals surface area contributed by atoms with E-state index in [1.807, 2.05) is 0 Å². The van der Waals surface area contributed by atoms with E-state index in [1.54, 1.807) is 6.92 Å². The molecule has 4 nitrogen and oxygen atoms in total. The zero-order valence-corrected chi connectivity index (χ0v) is 10.2. The van der Waals surface area contributed by atoms with Crippen molar-refractivity contribution < 1.29 is 19.1 Å². The molecule has 0 aromatic rings. The summed E-state index contributed by atoms with van der Waals surface area (Å²) >= 11 is 0. The lowest BCUT2D eigenvalue weighted by Gasteiger charge is -2.36. The first-order valence-corrected chi connectivity index (χ1v) is 6.54. The van der Waals surface area contributed by atoms with Gasteiger partial charge in [-0.3, -0.25) is 4.79 Å². The molecule has 0 aromatic heterocycles. The third-order valence-corrected chi connectivity index (χ3v) is 4.64. The van der Waals surface area contributed by atoms with E-state index < -0.39 is 11.6 Å². The molecule has 3 unspecified atom stereocenters. The van der Waals surface area contributed by atoms with Gasteiger partial charge in [-0.15, -0.1) is 0 Å². The molecule has 2 aliphatic heterocycles. The highest BCUT2D eigenvalue weighted by Gasteiger charge is 2.67. The van der Waals surface area contributed by atoms with Crippen molar-refractivity contribution in [3.05, 3.63) is 0 Å². The Balaban J connectivity index is 1.94. The van der Waals surface area contributed by atoms with Gasteiger partial charge in [-0.2, -0.15) is 0 Å². The molecule has 1 saturated carbocycles. The van der Waals surface area contributed by atoms with Crippen LogP contribution in [0.15, 0.2) is 0 Å².